The lowest BCUT2D eigenvalue weighted by Crippen LogP contribution is -2.31. The highest BCUT2D eigenvalue weighted by atomic mass is 19.4. The molecule has 92 valence electrons. The number of amides is 1. The fraction of sp³-hybridized carbons (Fsp3) is 0.111. The molecule has 0 saturated heterocycles. The summed E-state index contributed by atoms with van der Waals surface area (Å²) in [5.74, 6) is -3.83. The van der Waals surface area contributed by atoms with Crippen molar-refractivity contribution in [3.63, 3.8) is 0 Å². The second-order valence-electron chi connectivity index (χ2n) is 2.87. The maximum absolute atomic E-state index is 11.9. The summed E-state index contributed by atoms with van der Waals surface area (Å²) in [4.78, 5) is 21.3. The van der Waals surface area contributed by atoms with Crippen LogP contribution in [0.2, 0.25) is 0 Å². The minimum absolute atomic E-state index is 0.194. The molecule has 8 heteroatoms. The van der Waals surface area contributed by atoms with Crippen LogP contribution in [0.25, 0.3) is 0 Å². The minimum atomic E-state index is -5.12. The zero-order valence-corrected chi connectivity index (χ0v) is 8.25. The first kappa shape index (κ1) is 12.8. The van der Waals surface area contributed by atoms with Gasteiger partial charge in [0.15, 0.2) is 0 Å². The van der Waals surface area contributed by atoms with E-state index in [0.717, 1.165) is 6.08 Å². The Morgan fingerprint density at radius 2 is 1.82 bits per heavy atom. The molecule has 5 nitrogen and oxygen atoms in total. The van der Waals surface area contributed by atoms with Gasteiger partial charge in [-0.15, -0.1) is 0 Å². The molecule has 3 N–H and O–H groups in total. The zero-order chi connectivity index (χ0) is 13.1. The summed E-state index contributed by atoms with van der Waals surface area (Å²) in [7, 11) is 0. The zero-order valence-electron chi connectivity index (χ0n) is 8.25. The highest BCUT2D eigenvalue weighted by molar-refractivity contribution is 5.92. The van der Waals surface area contributed by atoms with Crippen molar-refractivity contribution in [1.29, 1.82) is 0 Å². The van der Waals surface area contributed by atoms with Crippen LogP contribution >= 0.6 is 0 Å². The molecular weight excluding hydrogens is 241 g/mol. The maximum Gasteiger partial charge on any atom is 0.491 e. The van der Waals surface area contributed by atoms with E-state index in [1.165, 1.54) is 18.2 Å². The Kier molecular flexibility index (Phi) is 3.56. The van der Waals surface area contributed by atoms with Crippen LogP contribution < -0.4 is 11.1 Å². The van der Waals surface area contributed by atoms with Gasteiger partial charge >= 0.3 is 12.1 Å². The topological polar surface area (TPSA) is 81.4 Å². The van der Waals surface area contributed by atoms with Gasteiger partial charge in [-0.05, 0) is 12.2 Å². The van der Waals surface area contributed by atoms with Crippen LogP contribution in [0.5, 0.6) is 0 Å². The molecule has 17 heavy (non-hydrogen) atoms. The third kappa shape index (κ3) is 3.67. The van der Waals surface area contributed by atoms with Gasteiger partial charge in [-0.3, -0.25) is 4.79 Å². The summed E-state index contributed by atoms with van der Waals surface area (Å²) in [6.07, 6.45) is -0.206. The minimum Gasteiger partial charge on any atom is -0.403 e. The molecule has 0 saturated carbocycles. The molecular formula is C9H7F3N2O3. The first-order valence-electron chi connectivity index (χ1n) is 4.25. The van der Waals surface area contributed by atoms with Crippen molar-refractivity contribution >= 4 is 11.9 Å². The SMILES string of the molecule is NC(=O)C1=CC=CC=C(OC(=O)C(F)(F)F)N1. The van der Waals surface area contributed by atoms with E-state index in [1.807, 2.05) is 0 Å². The van der Waals surface area contributed by atoms with Crippen LogP contribution in [0.3, 0.4) is 0 Å². The number of halogens is 3. The van der Waals surface area contributed by atoms with Crippen LogP contribution in [0.15, 0.2) is 35.9 Å². The third-order valence-corrected chi connectivity index (χ3v) is 1.58. The number of nitrogens with one attached hydrogen (secondary N) is 1. The monoisotopic (exact) mass is 248 g/mol. The van der Waals surface area contributed by atoms with Crippen LogP contribution in [0.4, 0.5) is 13.2 Å². The smallest absolute Gasteiger partial charge is 0.403 e. The second-order valence-corrected chi connectivity index (χ2v) is 2.87. The lowest BCUT2D eigenvalue weighted by molar-refractivity contribution is -0.195. The van der Waals surface area contributed by atoms with Crippen molar-refractivity contribution in [2.45, 2.75) is 6.18 Å². The molecule has 1 rings (SSSR count). The molecule has 0 aromatic heterocycles. The average molecular weight is 248 g/mol. The van der Waals surface area contributed by atoms with Crippen molar-refractivity contribution in [3.8, 4) is 0 Å². The third-order valence-electron chi connectivity index (χ3n) is 1.58. The maximum atomic E-state index is 11.9. The summed E-state index contributed by atoms with van der Waals surface area (Å²) in [6, 6.07) is 0. The lowest BCUT2D eigenvalue weighted by atomic mass is 10.4. The van der Waals surface area contributed by atoms with Gasteiger partial charge in [-0.2, -0.15) is 13.2 Å². The number of hydrogen-bond acceptors (Lipinski definition) is 4. The molecule has 0 unspecified atom stereocenters. The molecule has 0 aliphatic carbocycles. The Balaban J connectivity index is 2.78. The molecule has 1 aliphatic rings. The van der Waals surface area contributed by atoms with Gasteiger partial charge in [0, 0.05) is 0 Å². The number of ether oxygens (including phenoxy) is 1. The van der Waals surface area contributed by atoms with Gasteiger partial charge < -0.3 is 15.8 Å². The van der Waals surface area contributed by atoms with E-state index in [2.05, 4.69) is 10.1 Å². The summed E-state index contributed by atoms with van der Waals surface area (Å²) in [6.45, 7) is 0. The molecule has 0 bridgehead atoms. The average Bonchev–Trinajstić information content (AvgIpc) is 2.41. The summed E-state index contributed by atoms with van der Waals surface area (Å²) >= 11 is 0. The van der Waals surface area contributed by atoms with Crippen LogP contribution in [0, 0.1) is 0 Å². The standard InChI is InChI=1S/C9H7F3N2O3/c10-9(11,12)8(16)17-6-4-2-1-3-5(14-6)7(13)15/h1-4,14H,(H2,13,15). The number of carbonyl (C=O) groups excluding carboxylic acids is 2. The van der Waals surface area contributed by atoms with Crippen molar-refractivity contribution in [2.75, 3.05) is 0 Å². The Labute approximate surface area is 93.4 Å². The molecule has 1 aliphatic heterocycles. The highest BCUT2D eigenvalue weighted by Gasteiger charge is 2.41. The predicted octanol–water partition coefficient (Wildman–Crippen LogP) is 0.462. The summed E-state index contributed by atoms with van der Waals surface area (Å²) < 4.78 is 39.7. The van der Waals surface area contributed by atoms with Gasteiger partial charge in [0.25, 0.3) is 5.91 Å². The van der Waals surface area contributed by atoms with E-state index in [9.17, 15) is 22.8 Å². The number of alkyl halides is 3. The quantitative estimate of drug-likeness (QED) is 0.695. The molecule has 0 fully saturated rings. The van der Waals surface area contributed by atoms with Crippen LogP contribution in [-0.4, -0.2) is 18.1 Å². The van der Waals surface area contributed by atoms with Crippen LogP contribution in [0.1, 0.15) is 0 Å². The number of hydrogen-bond donors (Lipinski definition) is 2. The van der Waals surface area contributed by atoms with E-state index in [-0.39, 0.29) is 5.70 Å². The fourth-order valence-electron chi connectivity index (χ4n) is 0.872. The normalized spacial score (nSPS) is 15.2. The molecule has 1 amide bonds. The summed E-state index contributed by atoms with van der Waals surface area (Å²) in [5.41, 5.74) is 4.73. The largest absolute Gasteiger partial charge is 0.491 e. The Morgan fingerprint density at radius 1 is 1.24 bits per heavy atom. The number of esters is 1. The number of rotatable bonds is 2. The molecule has 0 aromatic rings. The Morgan fingerprint density at radius 3 is 2.35 bits per heavy atom. The molecule has 0 spiro atoms. The highest BCUT2D eigenvalue weighted by Crippen LogP contribution is 2.18. The Bertz CT molecular complexity index is 435. The molecule has 1 heterocycles. The molecule has 0 radical (unpaired) electrons. The van der Waals surface area contributed by atoms with Crippen molar-refractivity contribution < 1.29 is 27.5 Å². The van der Waals surface area contributed by atoms with Crippen LogP contribution in [-0.2, 0) is 14.3 Å². The number of carbonyl (C=O) groups is 2. The van der Waals surface area contributed by atoms with E-state index in [4.69, 9.17) is 5.73 Å². The fourth-order valence-corrected chi connectivity index (χ4v) is 0.872. The van der Waals surface area contributed by atoms with E-state index >= 15 is 0 Å². The van der Waals surface area contributed by atoms with E-state index in [0.29, 0.717) is 0 Å². The number of allylic oxidation sites excluding steroid dienone is 4. The van der Waals surface area contributed by atoms with Gasteiger partial charge in [0.1, 0.15) is 5.70 Å². The first-order chi connectivity index (χ1) is 7.80. The molecule has 0 atom stereocenters. The summed E-state index contributed by atoms with van der Waals surface area (Å²) in [5, 5.41) is 2.16. The van der Waals surface area contributed by atoms with E-state index in [1.54, 1.807) is 0 Å². The first-order valence-corrected chi connectivity index (χ1v) is 4.25. The van der Waals surface area contributed by atoms with Crippen molar-refractivity contribution in [1.82, 2.24) is 5.32 Å². The second kappa shape index (κ2) is 4.73. The van der Waals surface area contributed by atoms with Crippen molar-refractivity contribution in [3.05, 3.63) is 35.9 Å². The van der Waals surface area contributed by atoms with Gasteiger partial charge in [0.05, 0.1) is 0 Å². The Hall–Kier alpha value is -2.25. The van der Waals surface area contributed by atoms with Crippen molar-refractivity contribution in [2.24, 2.45) is 5.73 Å². The number of primary amides is 1. The number of nitrogens with two attached hydrogens (primary N) is 1. The lowest BCUT2D eigenvalue weighted by Gasteiger charge is -2.11. The van der Waals surface area contributed by atoms with Gasteiger partial charge in [-0.1, -0.05) is 12.2 Å². The van der Waals surface area contributed by atoms with E-state index < -0.39 is 23.9 Å². The molecule has 0 aromatic carbocycles. The van der Waals surface area contributed by atoms with Gasteiger partial charge in [-0.25, -0.2) is 4.79 Å². The predicted molar refractivity (Wildman–Crippen MR) is 49.8 cm³/mol. The van der Waals surface area contributed by atoms with Gasteiger partial charge in [0.2, 0.25) is 5.88 Å².